The molecule has 6 nitrogen and oxygen atoms in total. The van der Waals surface area contributed by atoms with Crippen LogP contribution in [0.25, 0.3) is 0 Å². The van der Waals surface area contributed by atoms with E-state index in [4.69, 9.17) is 17.3 Å². The van der Waals surface area contributed by atoms with E-state index < -0.39 is 0 Å². The SMILES string of the molecule is N[C@@H]1c2ccnn2CC12CCN(c1cnc(Sc3cccc(Cl)c3)cn1)CC2. The summed E-state index contributed by atoms with van der Waals surface area (Å²) in [6.45, 7) is 2.80. The fraction of sp³-hybridized carbons (Fsp3) is 0.350. The van der Waals surface area contributed by atoms with Gasteiger partial charge in [0, 0.05) is 41.2 Å². The molecule has 1 atom stereocenters. The molecule has 28 heavy (non-hydrogen) atoms. The van der Waals surface area contributed by atoms with Gasteiger partial charge in [-0.1, -0.05) is 29.4 Å². The third kappa shape index (κ3) is 3.17. The molecule has 2 N–H and O–H groups in total. The van der Waals surface area contributed by atoms with Gasteiger partial charge in [-0.3, -0.25) is 4.68 Å². The monoisotopic (exact) mass is 412 g/mol. The van der Waals surface area contributed by atoms with Crippen molar-refractivity contribution in [1.29, 1.82) is 0 Å². The second kappa shape index (κ2) is 7.06. The van der Waals surface area contributed by atoms with Crippen LogP contribution in [0.5, 0.6) is 0 Å². The first kappa shape index (κ1) is 18.0. The number of nitrogens with zero attached hydrogens (tertiary/aromatic N) is 5. The lowest BCUT2D eigenvalue weighted by atomic mass is 9.73. The number of halogens is 1. The van der Waals surface area contributed by atoms with Crippen LogP contribution in [-0.4, -0.2) is 32.8 Å². The molecule has 2 aliphatic rings. The summed E-state index contributed by atoms with van der Waals surface area (Å²) in [5, 5.41) is 6.00. The molecule has 5 rings (SSSR count). The Balaban J connectivity index is 1.24. The van der Waals surface area contributed by atoms with Crippen molar-refractivity contribution in [3.63, 3.8) is 0 Å². The molecule has 1 fully saturated rings. The molecular formula is C20H21ClN6S. The van der Waals surface area contributed by atoms with Gasteiger partial charge in [-0.15, -0.1) is 0 Å². The molecule has 3 aromatic rings. The summed E-state index contributed by atoms with van der Waals surface area (Å²) in [6.07, 6.45) is 7.62. The van der Waals surface area contributed by atoms with Crippen LogP contribution in [0.2, 0.25) is 5.02 Å². The summed E-state index contributed by atoms with van der Waals surface area (Å²) in [5.41, 5.74) is 7.85. The maximum atomic E-state index is 6.57. The van der Waals surface area contributed by atoms with Crippen LogP contribution in [0.4, 0.5) is 5.82 Å². The lowest BCUT2D eigenvalue weighted by molar-refractivity contribution is 0.170. The van der Waals surface area contributed by atoms with Crippen molar-refractivity contribution in [3.8, 4) is 0 Å². The standard InChI is InChI=1S/C20H21ClN6S/c21-14-2-1-3-15(10-14)28-18-12-23-17(11-24-18)26-8-5-20(6-9-26)13-27-16(19(20)22)4-7-25-27/h1-4,7,10-12,19H,5-6,8-9,13,22H2/t19-/m1/s1. The number of hydrogen-bond acceptors (Lipinski definition) is 6. The average Bonchev–Trinajstić information content (AvgIpc) is 3.25. The topological polar surface area (TPSA) is 72.9 Å². The van der Waals surface area contributed by atoms with Crippen molar-refractivity contribution >= 4 is 29.2 Å². The van der Waals surface area contributed by atoms with Gasteiger partial charge in [0.1, 0.15) is 10.8 Å². The zero-order valence-corrected chi connectivity index (χ0v) is 16.9. The molecule has 0 unspecified atom stereocenters. The number of rotatable bonds is 3. The van der Waals surface area contributed by atoms with Crippen LogP contribution >= 0.6 is 23.4 Å². The van der Waals surface area contributed by atoms with Crippen molar-refractivity contribution in [2.75, 3.05) is 18.0 Å². The zero-order valence-electron chi connectivity index (χ0n) is 15.3. The average molecular weight is 413 g/mol. The van der Waals surface area contributed by atoms with Crippen molar-refractivity contribution in [2.24, 2.45) is 11.1 Å². The van der Waals surface area contributed by atoms with Crippen LogP contribution in [0, 0.1) is 5.41 Å². The van der Waals surface area contributed by atoms with Crippen LogP contribution in [0.3, 0.4) is 0 Å². The van der Waals surface area contributed by atoms with Crippen molar-refractivity contribution in [1.82, 2.24) is 19.7 Å². The minimum atomic E-state index is 0.0692. The Morgan fingerprint density at radius 1 is 1.14 bits per heavy atom. The van der Waals surface area contributed by atoms with E-state index in [-0.39, 0.29) is 11.5 Å². The van der Waals surface area contributed by atoms with E-state index in [0.29, 0.717) is 0 Å². The molecule has 2 aromatic heterocycles. The Hall–Kier alpha value is -2.09. The van der Waals surface area contributed by atoms with Gasteiger partial charge in [0.05, 0.1) is 24.1 Å². The summed E-state index contributed by atoms with van der Waals surface area (Å²) in [6, 6.07) is 9.88. The minimum absolute atomic E-state index is 0.0692. The van der Waals surface area contributed by atoms with E-state index in [2.05, 4.69) is 24.6 Å². The van der Waals surface area contributed by atoms with Crippen LogP contribution < -0.4 is 10.6 Å². The van der Waals surface area contributed by atoms with E-state index in [9.17, 15) is 0 Å². The molecule has 4 heterocycles. The molecular weight excluding hydrogens is 392 g/mol. The summed E-state index contributed by atoms with van der Waals surface area (Å²) in [4.78, 5) is 12.6. The number of fused-ring (bicyclic) bond motifs is 1. The summed E-state index contributed by atoms with van der Waals surface area (Å²) in [7, 11) is 0. The highest BCUT2D eigenvalue weighted by Gasteiger charge is 2.46. The summed E-state index contributed by atoms with van der Waals surface area (Å²) < 4.78 is 2.07. The number of hydrogen-bond donors (Lipinski definition) is 1. The van der Waals surface area contributed by atoms with E-state index >= 15 is 0 Å². The predicted octanol–water partition coefficient (Wildman–Crippen LogP) is 3.78. The highest BCUT2D eigenvalue weighted by molar-refractivity contribution is 7.99. The van der Waals surface area contributed by atoms with Gasteiger partial charge in [-0.05, 0) is 37.1 Å². The van der Waals surface area contributed by atoms with Gasteiger partial charge in [-0.2, -0.15) is 5.10 Å². The second-order valence-electron chi connectivity index (χ2n) is 7.51. The molecule has 2 aliphatic heterocycles. The highest BCUT2D eigenvalue weighted by atomic mass is 35.5. The van der Waals surface area contributed by atoms with E-state index in [1.54, 1.807) is 11.8 Å². The molecule has 0 bridgehead atoms. The fourth-order valence-corrected chi connectivity index (χ4v) is 5.32. The van der Waals surface area contributed by atoms with Gasteiger partial charge in [0.2, 0.25) is 0 Å². The zero-order chi connectivity index (χ0) is 19.1. The Morgan fingerprint density at radius 2 is 2.00 bits per heavy atom. The number of anilines is 1. The van der Waals surface area contributed by atoms with E-state index in [0.717, 1.165) is 58.9 Å². The van der Waals surface area contributed by atoms with Crippen molar-refractivity contribution in [3.05, 3.63) is 59.6 Å². The molecule has 1 aromatic carbocycles. The minimum Gasteiger partial charge on any atom is -0.355 e. The molecule has 0 saturated carbocycles. The molecule has 1 spiro atoms. The van der Waals surface area contributed by atoms with Crippen LogP contribution in [0.15, 0.2) is 58.8 Å². The summed E-state index contributed by atoms with van der Waals surface area (Å²) >= 11 is 7.62. The third-order valence-electron chi connectivity index (χ3n) is 5.91. The maximum absolute atomic E-state index is 6.57. The van der Waals surface area contributed by atoms with Crippen molar-refractivity contribution < 1.29 is 0 Å². The van der Waals surface area contributed by atoms with E-state index in [1.807, 2.05) is 48.9 Å². The second-order valence-corrected chi connectivity index (χ2v) is 9.04. The summed E-state index contributed by atoms with van der Waals surface area (Å²) in [5.74, 6) is 0.926. The smallest absolute Gasteiger partial charge is 0.147 e. The number of nitrogens with two attached hydrogens (primary N) is 1. The van der Waals surface area contributed by atoms with Crippen LogP contribution in [-0.2, 0) is 6.54 Å². The first-order chi connectivity index (χ1) is 13.6. The molecule has 144 valence electrons. The molecule has 0 radical (unpaired) electrons. The first-order valence-corrected chi connectivity index (χ1v) is 10.6. The van der Waals surface area contributed by atoms with Gasteiger partial charge >= 0.3 is 0 Å². The van der Waals surface area contributed by atoms with Gasteiger partial charge < -0.3 is 10.6 Å². The van der Waals surface area contributed by atoms with Gasteiger partial charge in [0.15, 0.2) is 0 Å². The number of benzene rings is 1. The predicted molar refractivity (Wildman–Crippen MR) is 111 cm³/mol. The molecule has 0 aliphatic carbocycles. The number of aromatic nitrogens is 4. The van der Waals surface area contributed by atoms with Crippen molar-refractivity contribution in [2.45, 2.75) is 35.3 Å². The third-order valence-corrected chi connectivity index (χ3v) is 7.05. The van der Waals surface area contributed by atoms with Gasteiger partial charge in [-0.25, -0.2) is 9.97 Å². The normalized spacial score (nSPS) is 20.5. The fourth-order valence-electron chi connectivity index (χ4n) is 4.28. The lowest BCUT2D eigenvalue weighted by Gasteiger charge is -2.41. The first-order valence-electron chi connectivity index (χ1n) is 9.41. The highest BCUT2D eigenvalue weighted by Crippen LogP contribution is 2.47. The quantitative estimate of drug-likeness (QED) is 0.705. The Kier molecular flexibility index (Phi) is 4.53. The molecule has 8 heteroatoms. The largest absolute Gasteiger partial charge is 0.355 e. The Morgan fingerprint density at radius 3 is 2.71 bits per heavy atom. The molecule has 1 saturated heterocycles. The molecule has 0 amide bonds. The maximum Gasteiger partial charge on any atom is 0.147 e. The number of piperidine rings is 1. The Bertz CT molecular complexity index is 980. The van der Waals surface area contributed by atoms with Gasteiger partial charge in [0.25, 0.3) is 0 Å². The Labute approximate surface area is 173 Å². The lowest BCUT2D eigenvalue weighted by Crippen LogP contribution is -2.45. The van der Waals surface area contributed by atoms with E-state index in [1.165, 1.54) is 0 Å². The van der Waals surface area contributed by atoms with Crippen LogP contribution in [0.1, 0.15) is 24.6 Å².